The van der Waals surface area contributed by atoms with E-state index in [1.54, 1.807) is 43.5 Å². The number of carbonyl (C=O) groups is 2. The lowest BCUT2D eigenvalue weighted by Gasteiger charge is -2.26. The molecule has 1 saturated heterocycles. The molecule has 0 radical (unpaired) electrons. The van der Waals surface area contributed by atoms with Crippen molar-refractivity contribution in [2.24, 2.45) is 0 Å². The van der Waals surface area contributed by atoms with E-state index in [0.717, 1.165) is 12.1 Å². The van der Waals surface area contributed by atoms with Gasteiger partial charge < -0.3 is 19.6 Å². The first kappa shape index (κ1) is 24.1. The number of ketones is 1. The molecule has 8 heteroatoms. The molecule has 1 atom stereocenters. The van der Waals surface area contributed by atoms with Crippen molar-refractivity contribution in [3.63, 3.8) is 0 Å². The Hall–Kier alpha value is -2.54. The highest BCUT2D eigenvalue weighted by molar-refractivity contribution is 6.46. The third kappa shape index (κ3) is 4.77. The first-order chi connectivity index (χ1) is 15.1. The number of Topliss-reactive ketones (excluding diaryl/α,β-unsaturated/α-hetero) is 1. The molecule has 0 aliphatic carbocycles. The van der Waals surface area contributed by atoms with Crippen LogP contribution in [0, 0.1) is 6.92 Å². The molecule has 0 unspecified atom stereocenters. The van der Waals surface area contributed by atoms with Gasteiger partial charge in [-0.2, -0.15) is 0 Å². The summed E-state index contributed by atoms with van der Waals surface area (Å²) in [7, 11) is 5.44. The Balaban J connectivity index is 2.13. The summed E-state index contributed by atoms with van der Waals surface area (Å²) >= 11 is 12.3. The van der Waals surface area contributed by atoms with Crippen molar-refractivity contribution in [3.8, 4) is 5.75 Å². The van der Waals surface area contributed by atoms with Gasteiger partial charge in [0, 0.05) is 12.1 Å². The van der Waals surface area contributed by atoms with Crippen LogP contribution in [0.2, 0.25) is 10.0 Å². The summed E-state index contributed by atoms with van der Waals surface area (Å²) in [5.41, 5.74) is 1.86. The second-order valence-electron chi connectivity index (χ2n) is 8.01. The van der Waals surface area contributed by atoms with Gasteiger partial charge in [0.25, 0.3) is 11.7 Å². The van der Waals surface area contributed by atoms with Gasteiger partial charge in [-0.15, -0.1) is 0 Å². The van der Waals surface area contributed by atoms with E-state index in [4.69, 9.17) is 27.9 Å². The Kier molecular flexibility index (Phi) is 7.49. The highest BCUT2D eigenvalue weighted by Gasteiger charge is 2.45. The molecule has 0 bridgehead atoms. The largest absolute Gasteiger partial charge is 0.507 e. The molecule has 2 aromatic rings. The number of halogens is 2. The number of benzene rings is 2. The Morgan fingerprint density at radius 3 is 2.44 bits per heavy atom. The van der Waals surface area contributed by atoms with E-state index < -0.39 is 17.7 Å². The molecule has 1 aliphatic rings. The molecular weight excluding hydrogens is 451 g/mol. The molecule has 170 valence electrons. The Morgan fingerprint density at radius 1 is 1.12 bits per heavy atom. The molecule has 2 aromatic carbocycles. The third-order valence-electron chi connectivity index (χ3n) is 5.47. The summed E-state index contributed by atoms with van der Waals surface area (Å²) in [4.78, 5) is 29.5. The highest BCUT2D eigenvalue weighted by Crippen LogP contribution is 2.41. The van der Waals surface area contributed by atoms with Crippen LogP contribution in [-0.2, 0) is 9.59 Å². The van der Waals surface area contributed by atoms with Crippen LogP contribution in [0.4, 0.5) is 0 Å². The van der Waals surface area contributed by atoms with Crippen LogP contribution in [0.15, 0.2) is 42.0 Å². The van der Waals surface area contributed by atoms with Crippen molar-refractivity contribution in [1.29, 1.82) is 0 Å². The number of methoxy groups -OCH3 is 1. The standard InChI is InChI=1S/C24H26Cl2N2O4/c1-14-12-16(7-9-19(14)32-4)22(29)20-21(15-6-8-17(25)18(26)13-15)28(24(31)23(20)30)11-5-10-27(2)3/h6-9,12-13,21,29H,5,10-11H2,1-4H3/t21-/m0/s1. The number of aliphatic hydroxyl groups is 1. The van der Waals surface area contributed by atoms with Gasteiger partial charge in [-0.05, 0) is 75.4 Å². The van der Waals surface area contributed by atoms with Crippen LogP contribution >= 0.6 is 23.2 Å². The number of nitrogens with zero attached hydrogens (tertiary/aromatic N) is 2. The van der Waals surface area contributed by atoms with Crippen molar-refractivity contribution in [2.75, 3.05) is 34.3 Å². The zero-order chi connectivity index (χ0) is 23.6. The fraction of sp³-hybridized carbons (Fsp3) is 0.333. The molecule has 0 spiro atoms. The minimum atomic E-state index is -0.769. The number of carbonyl (C=O) groups excluding carboxylic acids is 2. The maximum atomic E-state index is 13.1. The first-order valence-electron chi connectivity index (χ1n) is 10.2. The quantitative estimate of drug-likeness (QED) is 0.356. The van der Waals surface area contributed by atoms with Gasteiger partial charge in [-0.1, -0.05) is 29.3 Å². The smallest absolute Gasteiger partial charge is 0.295 e. The lowest BCUT2D eigenvalue weighted by atomic mass is 9.94. The molecule has 1 fully saturated rings. The highest BCUT2D eigenvalue weighted by atomic mass is 35.5. The van der Waals surface area contributed by atoms with E-state index >= 15 is 0 Å². The molecule has 32 heavy (non-hydrogen) atoms. The molecule has 1 aliphatic heterocycles. The second-order valence-corrected chi connectivity index (χ2v) is 8.82. The average molecular weight is 477 g/mol. The van der Waals surface area contributed by atoms with Crippen molar-refractivity contribution in [3.05, 3.63) is 68.7 Å². The third-order valence-corrected chi connectivity index (χ3v) is 6.21. The number of hydrogen-bond donors (Lipinski definition) is 1. The zero-order valence-electron chi connectivity index (χ0n) is 18.5. The van der Waals surface area contributed by atoms with Crippen LogP contribution in [0.25, 0.3) is 5.76 Å². The van der Waals surface area contributed by atoms with E-state index in [1.165, 1.54) is 4.90 Å². The lowest BCUT2D eigenvalue weighted by Crippen LogP contribution is -2.32. The van der Waals surface area contributed by atoms with Crippen LogP contribution in [0.1, 0.15) is 29.2 Å². The number of aliphatic hydroxyl groups excluding tert-OH is 1. The Morgan fingerprint density at radius 2 is 1.84 bits per heavy atom. The zero-order valence-corrected chi connectivity index (χ0v) is 20.0. The monoisotopic (exact) mass is 476 g/mol. The van der Waals surface area contributed by atoms with Crippen molar-refractivity contribution >= 4 is 40.7 Å². The van der Waals surface area contributed by atoms with E-state index in [2.05, 4.69) is 0 Å². The molecule has 1 heterocycles. The van der Waals surface area contributed by atoms with Gasteiger partial charge in [0.15, 0.2) is 0 Å². The van der Waals surface area contributed by atoms with Crippen LogP contribution < -0.4 is 4.74 Å². The summed E-state index contributed by atoms with van der Waals surface area (Å²) in [6.07, 6.45) is 0.666. The Bertz CT molecular complexity index is 1080. The number of aryl methyl sites for hydroxylation is 1. The van der Waals surface area contributed by atoms with Gasteiger partial charge >= 0.3 is 0 Å². The molecular formula is C24H26Cl2N2O4. The minimum absolute atomic E-state index is 0.0304. The van der Waals surface area contributed by atoms with Crippen LogP contribution in [-0.4, -0.2) is 60.9 Å². The maximum absolute atomic E-state index is 13.1. The van der Waals surface area contributed by atoms with Crippen LogP contribution in [0.5, 0.6) is 5.75 Å². The molecule has 0 aromatic heterocycles. The topological polar surface area (TPSA) is 70.1 Å². The Labute approximate surface area is 198 Å². The summed E-state index contributed by atoms with van der Waals surface area (Å²) in [6.45, 7) is 2.94. The molecule has 1 amide bonds. The van der Waals surface area contributed by atoms with Crippen molar-refractivity contribution < 1.29 is 19.4 Å². The molecule has 3 rings (SSSR count). The first-order valence-corrected chi connectivity index (χ1v) is 10.9. The fourth-order valence-corrected chi connectivity index (χ4v) is 4.18. The van der Waals surface area contributed by atoms with Gasteiger partial charge in [0.2, 0.25) is 0 Å². The second kappa shape index (κ2) is 9.94. The van der Waals surface area contributed by atoms with Crippen molar-refractivity contribution in [2.45, 2.75) is 19.4 Å². The van der Waals surface area contributed by atoms with E-state index in [0.29, 0.717) is 39.9 Å². The van der Waals surface area contributed by atoms with Gasteiger partial charge in [-0.25, -0.2) is 0 Å². The summed E-state index contributed by atoms with van der Waals surface area (Å²) in [5, 5.41) is 11.8. The summed E-state index contributed by atoms with van der Waals surface area (Å²) in [6, 6.07) is 9.30. The van der Waals surface area contributed by atoms with E-state index in [1.807, 2.05) is 25.9 Å². The number of hydrogen-bond acceptors (Lipinski definition) is 5. The van der Waals surface area contributed by atoms with Gasteiger partial charge in [0.1, 0.15) is 11.5 Å². The number of ether oxygens (including phenoxy) is 1. The molecule has 1 N–H and O–H groups in total. The minimum Gasteiger partial charge on any atom is -0.507 e. The van der Waals surface area contributed by atoms with Crippen molar-refractivity contribution in [1.82, 2.24) is 9.80 Å². The number of amides is 1. The van der Waals surface area contributed by atoms with E-state index in [-0.39, 0.29) is 11.3 Å². The van der Waals surface area contributed by atoms with Gasteiger partial charge in [-0.3, -0.25) is 9.59 Å². The SMILES string of the molecule is COc1ccc(C(O)=C2C(=O)C(=O)N(CCCN(C)C)[C@H]2c2ccc(Cl)c(Cl)c2)cc1C. The lowest BCUT2D eigenvalue weighted by molar-refractivity contribution is -0.139. The number of likely N-dealkylation sites (tertiary alicyclic amines) is 1. The van der Waals surface area contributed by atoms with Gasteiger partial charge in [0.05, 0.1) is 28.8 Å². The fourth-order valence-electron chi connectivity index (χ4n) is 3.88. The predicted molar refractivity (Wildman–Crippen MR) is 126 cm³/mol. The predicted octanol–water partition coefficient (Wildman–Crippen LogP) is 4.68. The molecule has 0 saturated carbocycles. The van der Waals surface area contributed by atoms with Crippen LogP contribution in [0.3, 0.4) is 0 Å². The maximum Gasteiger partial charge on any atom is 0.295 e. The van der Waals surface area contributed by atoms with E-state index in [9.17, 15) is 14.7 Å². The number of rotatable bonds is 7. The normalized spacial score (nSPS) is 18.0. The molecule has 6 nitrogen and oxygen atoms in total. The summed E-state index contributed by atoms with van der Waals surface area (Å²) < 4.78 is 5.28. The average Bonchev–Trinajstić information content (AvgIpc) is 3.00. The summed E-state index contributed by atoms with van der Waals surface area (Å²) in [5.74, 6) is -0.949.